The first-order chi connectivity index (χ1) is 8.87. The Hall–Kier alpha value is -0.640. The molecule has 0 aliphatic heterocycles. The molecular formula is C15H26N2OS. The van der Waals surface area contributed by atoms with E-state index in [0.29, 0.717) is 4.99 Å². The second kappa shape index (κ2) is 5.39. The van der Waals surface area contributed by atoms with Crippen molar-refractivity contribution in [3.8, 4) is 0 Å². The number of hydrogen-bond donors (Lipinski definition) is 2. The van der Waals surface area contributed by atoms with Crippen molar-refractivity contribution in [2.75, 3.05) is 0 Å². The Kier molecular flexibility index (Phi) is 4.19. The Morgan fingerprint density at radius 2 is 1.63 bits per heavy atom. The van der Waals surface area contributed by atoms with Crippen LogP contribution >= 0.6 is 12.2 Å². The first kappa shape index (κ1) is 14.8. The molecule has 108 valence electrons. The van der Waals surface area contributed by atoms with Crippen LogP contribution in [0.3, 0.4) is 0 Å². The minimum absolute atomic E-state index is 0.143. The van der Waals surface area contributed by atoms with Crippen molar-refractivity contribution >= 4 is 23.1 Å². The van der Waals surface area contributed by atoms with E-state index in [1.54, 1.807) is 0 Å². The Morgan fingerprint density at radius 1 is 1.16 bits per heavy atom. The quantitative estimate of drug-likeness (QED) is 0.783. The molecule has 0 radical (unpaired) electrons. The summed E-state index contributed by atoms with van der Waals surface area (Å²) in [5.74, 6) is 0.294. The van der Waals surface area contributed by atoms with Gasteiger partial charge in [-0.1, -0.05) is 58.2 Å². The second-order valence-corrected chi connectivity index (χ2v) is 7.39. The molecule has 0 bridgehead atoms. The first-order valence-corrected chi connectivity index (χ1v) is 7.90. The molecule has 2 saturated carbocycles. The van der Waals surface area contributed by atoms with Gasteiger partial charge in [-0.05, 0) is 24.7 Å². The highest BCUT2D eigenvalue weighted by Gasteiger charge is 2.52. The third kappa shape index (κ3) is 3.28. The summed E-state index contributed by atoms with van der Waals surface area (Å²) in [6, 6.07) is 0. The minimum atomic E-state index is -0.425. The highest BCUT2D eigenvalue weighted by Crippen LogP contribution is 2.52. The van der Waals surface area contributed by atoms with Crippen LogP contribution in [0.25, 0.3) is 0 Å². The number of nitrogens with one attached hydrogen (secondary N) is 1. The molecule has 3 N–H and O–H groups in total. The van der Waals surface area contributed by atoms with Crippen molar-refractivity contribution in [1.29, 1.82) is 0 Å². The standard InChI is InChI=1S/C15H26N2OS/c1-14(2)10-11(14)12(18)17-15(13(16)19)8-6-4-3-5-7-9-15/h11H,3-10H2,1-2H3,(H2,16,19)(H,17,18). The van der Waals surface area contributed by atoms with Gasteiger partial charge in [0.1, 0.15) is 0 Å². The van der Waals surface area contributed by atoms with Crippen molar-refractivity contribution in [2.45, 2.75) is 70.8 Å². The van der Waals surface area contributed by atoms with Crippen molar-refractivity contribution in [3.05, 3.63) is 0 Å². The smallest absolute Gasteiger partial charge is 0.224 e. The summed E-state index contributed by atoms with van der Waals surface area (Å²) in [5, 5.41) is 3.21. The molecule has 1 atom stereocenters. The number of carbonyl (C=O) groups excluding carboxylic acids is 1. The average Bonchev–Trinajstić information content (AvgIpc) is 2.91. The lowest BCUT2D eigenvalue weighted by molar-refractivity contribution is -0.124. The normalized spacial score (nSPS) is 28.8. The van der Waals surface area contributed by atoms with Crippen LogP contribution in [0.15, 0.2) is 0 Å². The maximum absolute atomic E-state index is 12.4. The molecular weight excluding hydrogens is 256 g/mol. The van der Waals surface area contributed by atoms with Crippen LogP contribution in [0, 0.1) is 11.3 Å². The van der Waals surface area contributed by atoms with Crippen LogP contribution in [-0.2, 0) is 4.79 Å². The first-order valence-electron chi connectivity index (χ1n) is 7.49. The SMILES string of the molecule is CC1(C)CC1C(=O)NC1(C(N)=S)CCCCCCC1. The molecule has 1 unspecified atom stereocenters. The molecule has 0 spiro atoms. The van der Waals surface area contributed by atoms with Gasteiger partial charge in [0.05, 0.1) is 10.5 Å². The van der Waals surface area contributed by atoms with Crippen LogP contribution < -0.4 is 11.1 Å². The monoisotopic (exact) mass is 282 g/mol. The molecule has 4 heteroatoms. The Bertz CT molecular complexity index is 370. The Balaban J connectivity index is 2.05. The van der Waals surface area contributed by atoms with E-state index < -0.39 is 5.54 Å². The van der Waals surface area contributed by atoms with Crippen LogP contribution in [0.4, 0.5) is 0 Å². The van der Waals surface area contributed by atoms with E-state index in [-0.39, 0.29) is 17.2 Å². The van der Waals surface area contributed by atoms with Crippen molar-refractivity contribution < 1.29 is 4.79 Å². The summed E-state index contributed by atoms with van der Waals surface area (Å²) in [7, 11) is 0. The molecule has 19 heavy (non-hydrogen) atoms. The molecule has 0 aromatic rings. The van der Waals surface area contributed by atoms with Crippen LogP contribution in [-0.4, -0.2) is 16.4 Å². The Morgan fingerprint density at radius 3 is 2.05 bits per heavy atom. The summed E-state index contributed by atoms with van der Waals surface area (Å²) < 4.78 is 0. The summed E-state index contributed by atoms with van der Waals surface area (Å²) in [5.41, 5.74) is 5.71. The van der Waals surface area contributed by atoms with E-state index in [4.69, 9.17) is 18.0 Å². The molecule has 2 aliphatic rings. The topological polar surface area (TPSA) is 55.1 Å². The molecule has 1 amide bonds. The zero-order valence-electron chi connectivity index (χ0n) is 12.1. The van der Waals surface area contributed by atoms with Crippen molar-refractivity contribution in [2.24, 2.45) is 17.1 Å². The predicted molar refractivity (Wildman–Crippen MR) is 81.9 cm³/mol. The van der Waals surface area contributed by atoms with E-state index in [1.807, 2.05) is 0 Å². The summed E-state index contributed by atoms with van der Waals surface area (Å²) in [6.07, 6.45) is 8.72. The molecule has 2 fully saturated rings. The van der Waals surface area contributed by atoms with Crippen molar-refractivity contribution in [3.63, 3.8) is 0 Å². The molecule has 0 heterocycles. The number of rotatable bonds is 3. The van der Waals surface area contributed by atoms with Gasteiger partial charge in [0.2, 0.25) is 5.91 Å². The Labute approximate surface area is 121 Å². The number of amides is 1. The van der Waals surface area contributed by atoms with Gasteiger partial charge in [-0.3, -0.25) is 4.79 Å². The van der Waals surface area contributed by atoms with Gasteiger partial charge in [-0.15, -0.1) is 0 Å². The van der Waals surface area contributed by atoms with Crippen LogP contribution in [0.2, 0.25) is 0 Å². The molecule has 0 aromatic carbocycles. The zero-order chi connectivity index (χ0) is 14.1. The number of nitrogens with two attached hydrogens (primary N) is 1. The highest BCUT2D eigenvalue weighted by atomic mass is 32.1. The maximum atomic E-state index is 12.4. The van der Waals surface area contributed by atoms with E-state index in [2.05, 4.69) is 19.2 Å². The lowest BCUT2D eigenvalue weighted by Crippen LogP contribution is -2.57. The lowest BCUT2D eigenvalue weighted by Gasteiger charge is -2.35. The second-order valence-electron chi connectivity index (χ2n) is 6.95. The van der Waals surface area contributed by atoms with E-state index in [1.165, 1.54) is 19.3 Å². The van der Waals surface area contributed by atoms with Gasteiger partial charge in [0.25, 0.3) is 0 Å². The maximum Gasteiger partial charge on any atom is 0.224 e. The van der Waals surface area contributed by atoms with Crippen LogP contribution in [0.1, 0.15) is 65.2 Å². The number of hydrogen-bond acceptors (Lipinski definition) is 2. The lowest BCUT2D eigenvalue weighted by atomic mass is 9.83. The van der Waals surface area contributed by atoms with E-state index >= 15 is 0 Å². The third-order valence-corrected chi connectivity index (χ3v) is 5.26. The van der Waals surface area contributed by atoms with Gasteiger partial charge in [0.15, 0.2) is 0 Å². The van der Waals surface area contributed by atoms with Gasteiger partial charge in [-0.2, -0.15) is 0 Å². The summed E-state index contributed by atoms with van der Waals surface area (Å²) in [6.45, 7) is 4.28. The molecule has 0 saturated heterocycles. The van der Waals surface area contributed by atoms with E-state index in [9.17, 15) is 4.79 Å². The minimum Gasteiger partial charge on any atom is -0.391 e. The molecule has 2 aliphatic carbocycles. The number of carbonyl (C=O) groups is 1. The number of thiocarbonyl (C=S) groups is 1. The predicted octanol–water partition coefficient (Wildman–Crippen LogP) is 2.92. The van der Waals surface area contributed by atoms with Gasteiger partial charge in [-0.25, -0.2) is 0 Å². The van der Waals surface area contributed by atoms with Crippen LogP contribution in [0.5, 0.6) is 0 Å². The van der Waals surface area contributed by atoms with Gasteiger partial charge in [0, 0.05) is 5.92 Å². The van der Waals surface area contributed by atoms with Crippen molar-refractivity contribution in [1.82, 2.24) is 5.32 Å². The largest absolute Gasteiger partial charge is 0.391 e. The van der Waals surface area contributed by atoms with E-state index in [0.717, 1.165) is 32.1 Å². The summed E-state index contributed by atoms with van der Waals surface area (Å²) >= 11 is 5.28. The summed E-state index contributed by atoms with van der Waals surface area (Å²) in [4.78, 5) is 12.8. The zero-order valence-corrected chi connectivity index (χ0v) is 12.9. The molecule has 2 rings (SSSR count). The van der Waals surface area contributed by atoms with Gasteiger partial charge < -0.3 is 11.1 Å². The fourth-order valence-electron chi connectivity index (χ4n) is 3.18. The molecule has 3 nitrogen and oxygen atoms in total. The average molecular weight is 282 g/mol. The fraction of sp³-hybridized carbons (Fsp3) is 0.867. The third-order valence-electron chi connectivity index (χ3n) is 4.87. The highest BCUT2D eigenvalue weighted by molar-refractivity contribution is 7.80. The molecule has 0 aromatic heterocycles. The fourth-order valence-corrected chi connectivity index (χ4v) is 3.43. The van der Waals surface area contributed by atoms with Gasteiger partial charge >= 0.3 is 0 Å².